The van der Waals surface area contributed by atoms with Crippen LogP contribution in [0.1, 0.15) is 19.8 Å². The monoisotopic (exact) mass is 260 g/mol. The number of rotatable bonds is 7. The summed E-state index contributed by atoms with van der Waals surface area (Å²) in [4.78, 5) is 0. The molecule has 1 aromatic carbocycles. The molecule has 0 radical (unpaired) electrons. The van der Waals surface area contributed by atoms with Gasteiger partial charge in [0.05, 0.1) is 12.2 Å². The third-order valence-corrected chi connectivity index (χ3v) is 2.86. The second-order valence-corrected chi connectivity index (χ2v) is 4.21. The van der Waals surface area contributed by atoms with Crippen LogP contribution < -0.4 is 4.74 Å². The zero-order valence-corrected chi connectivity index (χ0v) is 11.0. The van der Waals surface area contributed by atoms with Gasteiger partial charge in [0, 0.05) is 9.47 Å². The zero-order valence-electron chi connectivity index (χ0n) is 9.80. The van der Waals surface area contributed by atoms with Crippen molar-refractivity contribution in [3.8, 4) is 5.75 Å². The first kappa shape index (κ1) is 14.4. The summed E-state index contributed by atoms with van der Waals surface area (Å²) >= 11 is 0. The van der Waals surface area contributed by atoms with Crippen LogP contribution in [0.15, 0.2) is 24.3 Å². The molecule has 1 N–H and O–H groups in total. The van der Waals surface area contributed by atoms with Crippen molar-refractivity contribution in [3.63, 3.8) is 0 Å². The lowest BCUT2D eigenvalue weighted by Crippen LogP contribution is -2.19. The molecule has 5 heteroatoms. The summed E-state index contributed by atoms with van der Waals surface area (Å²) in [6.07, 6.45) is 0.928. The average Bonchev–Trinajstić information content (AvgIpc) is 2.35. The Bertz CT molecular complexity index is 318. The summed E-state index contributed by atoms with van der Waals surface area (Å²) < 4.78 is 22.9. The molecule has 3 atom stereocenters. The van der Waals surface area contributed by atoms with Gasteiger partial charge in [0.2, 0.25) is 0 Å². The van der Waals surface area contributed by atoms with Crippen LogP contribution in [-0.2, 0) is 4.52 Å². The van der Waals surface area contributed by atoms with Crippen molar-refractivity contribution in [1.82, 2.24) is 0 Å². The summed E-state index contributed by atoms with van der Waals surface area (Å²) in [5.74, 6) is 0.255. The third kappa shape index (κ3) is 5.97. The molecule has 1 rings (SSSR count). The van der Waals surface area contributed by atoms with E-state index in [0.717, 1.165) is 6.42 Å². The fourth-order valence-corrected chi connectivity index (χ4v) is 1.44. The highest BCUT2D eigenvalue weighted by Gasteiger charge is 2.08. The molecule has 3 nitrogen and oxygen atoms in total. The number of halogens is 1. The van der Waals surface area contributed by atoms with Gasteiger partial charge >= 0.3 is 0 Å². The molecule has 96 valence electrons. The van der Waals surface area contributed by atoms with Gasteiger partial charge in [-0.15, -0.1) is 0 Å². The van der Waals surface area contributed by atoms with E-state index in [4.69, 9.17) is 9.26 Å². The summed E-state index contributed by atoms with van der Waals surface area (Å²) in [6, 6.07) is 5.73. The van der Waals surface area contributed by atoms with Crippen molar-refractivity contribution in [2.45, 2.75) is 32.0 Å². The summed E-state index contributed by atoms with van der Waals surface area (Å²) in [5, 5.41) is 9.65. The summed E-state index contributed by atoms with van der Waals surface area (Å²) in [5.41, 5.74) is 0. The molecule has 1 aromatic rings. The highest BCUT2D eigenvalue weighted by atomic mass is 31.0. The summed E-state index contributed by atoms with van der Waals surface area (Å²) in [7, 11) is 2.20. The van der Waals surface area contributed by atoms with Crippen molar-refractivity contribution < 1.29 is 18.8 Å². The Labute approximate surface area is 103 Å². The number of benzene rings is 1. The van der Waals surface area contributed by atoms with Crippen LogP contribution in [0.25, 0.3) is 0 Å². The third-order valence-electron chi connectivity index (χ3n) is 2.39. The van der Waals surface area contributed by atoms with Gasteiger partial charge < -0.3 is 14.4 Å². The Hall–Kier alpha value is -0.700. The van der Waals surface area contributed by atoms with E-state index in [9.17, 15) is 9.50 Å². The Morgan fingerprint density at radius 3 is 2.53 bits per heavy atom. The van der Waals surface area contributed by atoms with Crippen LogP contribution in [0, 0.1) is 5.82 Å². The van der Waals surface area contributed by atoms with Crippen LogP contribution in [0.2, 0.25) is 0 Å². The molecule has 0 saturated carbocycles. The Morgan fingerprint density at radius 1 is 1.29 bits per heavy atom. The largest absolute Gasteiger partial charge is 0.491 e. The minimum absolute atomic E-state index is 0.0977. The standard InChI is InChI=1S/C12H18FO3P/c1-9(16-17)2-5-11(14)8-15-12-6-3-10(13)4-7-12/h3-4,6-7,9,11,14H,2,5,8,17H2,1H3. The lowest BCUT2D eigenvalue weighted by atomic mass is 10.1. The predicted molar refractivity (Wildman–Crippen MR) is 67.4 cm³/mol. The second kappa shape index (κ2) is 7.59. The van der Waals surface area contributed by atoms with Gasteiger partial charge in [-0.1, -0.05) is 0 Å². The molecule has 3 unspecified atom stereocenters. The molecular weight excluding hydrogens is 242 g/mol. The van der Waals surface area contributed by atoms with Gasteiger partial charge in [-0.2, -0.15) is 0 Å². The van der Waals surface area contributed by atoms with Gasteiger partial charge in [0.15, 0.2) is 0 Å². The van der Waals surface area contributed by atoms with Crippen molar-refractivity contribution in [3.05, 3.63) is 30.1 Å². The lowest BCUT2D eigenvalue weighted by molar-refractivity contribution is 0.0876. The van der Waals surface area contributed by atoms with E-state index >= 15 is 0 Å². The molecule has 0 aliphatic rings. The normalized spacial score (nSPS) is 14.4. The fraction of sp³-hybridized carbons (Fsp3) is 0.500. The molecule has 0 bridgehead atoms. The number of hydrogen-bond acceptors (Lipinski definition) is 3. The van der Waals surface area contributed by atoms with E-state index < -0.39 is 6.10 Å². The van der Waals surface area contributed by atoms with Gasteiger partial charge in [0.1, 0.15) is 18.2 Å². The van der Waals surface area contributed by atoms with Crippen molar-refractivity contribution in [1.29, 1.82) is 0 Å². The molecule has 0 aliphatic carbocycles. The van der Waals surface area contributed by atoms with Crippen molar-refractivity contribution >= 4 is 9.47 Å². The minimum atomic E-state index is -0.539. The SMILES string of the molecule is CC(CCC(O)COc1ccc(F)cc1)OP. The van der Waals surface area contributed by atoms with Crippen LogP contribution in [0.5, 0.6) is 5.75 Å². The Morgan fingerprint density at radius 2 is 1.94 bits per heavy atom. The summed E-state index contributed by atoms with van der Waals surface area (Å²) in [6.45, 7) is 2.13. The van der Waals surface area contributed by atoms with E-state index in [2.05, 4.69) is 9.47 Å². The molecule has 0 fully saturated rings. The van der Waals surface area contributed by atoms with Gasteiger partial charge in [0.25, 0.3) is 0 Å². The van der Waals surface area contributed by atoms with Gasteiger partial charge in [-0.05, 0) is 44.0 Å². The molecular formula is C12H18FO3P. The van der Waals surface area contributed by atoms with Gasteiger partial charge in [-0.25, -0.2) is 4.39 Å². The van der Waals surface area contributed by atoms with Crippen LogP contribution in [0.3, 0.4) is 0 Å². The molecule has 0 aromatic heterocycles. The Kier molecular flexibility index (Phi) is 6.41. The minimum Gasteiger partial charge on any atom is -0.491 e. The topological polar surface area (TPSA) is 38.7 Å². The Balaban J connectivity index is 2.23. The van der Waals surface area contributed by atoms with Crippen molar-refractivity contribution in [2.75, 3.05) is 6.61 Å². The first-order chi connectivity index (χ1) is 8.11. The first-order valence-corrected chi connectivity index (χ1v) is 6.01. The quantitative estimate of drug-likeness (QED) is 0.766. The van der Waals surface area contributed by atoms with Crippen LogP contribution in [0.4, 0.5) is 4.39 Å². The maximum absolute atomic E-state index is 12.6. The van der Waals surface area contributed by atoms with Crippen LogP contribution in [-0.4, -0.2) is 23.9 Å². The number of aliphatic hydroxyl groups excluding tert-OH is 1. The maximum Gasteiger partial charge on any atom is 0.123 e. The van der Waals surface area contributed by atoms with Crippen molar-refractivity contribution in [2.24, 2.45) is 0 Å². The van der Waals surface area contributed by atoms with E-state index in [1.807, 2.05) is 6.92 Å². The van der Waals surface area contributed by atoms with E-state index in [0.29, 0.717) is 12.2 Å². The molecule has 0 heterocycles. The molecule has 0 spiro atoms. The number of hydrogen-bond donors (Lipinski definition) is 1. The predicted octanol–water partition coefficient (Wildman–Crippen LogP) is 2.54. The zero-order chi connectivity index (χ0) is 12.7. The molecule has 17 heavy (non-hydrogen) atoms. The van der Waals surface area contributed by atoms with E-state index in [-0.39, 0.29) is 18.5 Å². The second-order valence-electron chi connectivity index (χ2n) is 3.94. The highest BCUT2D eigenvalue weighted by Crippen LogP contribution is 2.13. The average molecular weight is 260 g/mol. The first-order valence-electron chi connectivity index (χ1n) is 5.53. The number of aliphatic hydroxyl groups is 1. The van der Waals surface area contributed by atoms with E-state index in [1.54, 1.807) is 0 Å². The van der Waals surface area contributed by atoms with Crippen LogP contribution >= 0.6 is 9.47 Å². The molecule has 0 saturated heterocycles. The maximum atomic E-state index is 12.6. The smallest absolute Gasteiger partial charge is 0.123 e. The number of ether oxygens (including phenoxy) is 1. The fourth-order valence-electron chi connectivity index (χ4n) is 1.30. The lowest BCUT2D eigenvalue weighted by Gasteiger charge is -2.14. The van der Waals surface area contributed by atoms with E-state index in [1.165, 1.54) is 24.3 Å². The molecule has 0 amide bonds. The highest BCUT2D eigenvalue weighted by molar-refractivity contribution is 7.09. The van der Waals surface area contributed by atoms with Gasteiger partial charge in [-0.3, -0.25) is 0 Å². The molecule has 0 aliphatic heterocycles.